The van der Waals surface area contributed by atoms with Crippen LogP contribution in [0.5, 0.6) is 0 Å². The van der Waals surface area contributed by atoms with Gasteiger partial charge in [-0.2, -0.15) is 0 Å². The number of hydrogen-bond acceptors (Lipinski definition) is 2. The smallest absolute Gasteiger partial charge is 0.0727 e. The average Bonchev–Trinajstić information content (AvgIpc) is 2.86. The van der Waals surface area contributed by atoms with Crippen molar-refractivity contribution in [1.82, 2.24) is 4.98 Å². The van der Waals surface area contributed by atoms with Crippen molar-refractivity contribution in [3.63, 3.8) is 0 Å². The average molecular weight is 446 g/mol. The van der Waals surface area contributed by atoms with Gasteiger partial charge in [-0.1, -0.05) is 86.0 Å². The van der Waals surface area contributed by atoms with Crippen LogP contribution in [-0.4, -0.2) is 4.98 Å². The molecule has 0 aliphatic carbocycles. The fourth-order valence-electron chi connectivity index (χ4n) is 4.37. The first-order valence-electron chi connectivity index (χ1n) is 11.8. The maximum atomic E-state index is 6.10. The Balaban J connectivity index is 1.33. The SMILES string of the molecule is C=C=C(C=C)c1c(C)cccc1COCc1cccc(CCCc2ccc3ccccc3n2)c1. The van der Waals surface area contributed by atoms with E-state index in [4.69, 9.17) is 9.72 Å². The molecule has 0 bridgehead atoms. The summed E-state index contributed by atoms with van der Waals surface area (Å²) in [6.07, 6.45) is 4.87. The Morgan fingerprint density at radius 3 is 2.59 bits per heavy atom. The molecule has 2 nitrogen and oxygen atoms in total. The third-order valence-corrected chi connectivity index (χ3v) is 6.10. The minimum atomic E-state index is 0.536. The van der Waals surface area contributed by atoms with Crippen molar-refractivity contribution >= 4 is 16.5 Å². The monoisotopic (exact) mass is 445 g/mol. The zero-order chi connectivity index (χ0) is 23.8. The van der Waals surface area contributed by atoms with Crippen LogP contribution in [0.4, 0.5) is 0 Å². The molecule has 170 valence electrons. The van der Waals surface area contributed by atoms with E-state index in [1.54, 1.807) is 6.08 Å². The highest BCUT2D eigenvalue weighted by Crippen LogP contribution is 2.24. The number of pyridine rings is 1. The maximum Gasteiger partial charge on any atom is 0.0727 e. The minimum Gasteiger partial charge on any atom is -0.372 e. The summed E-state index contributed by atoms with van der Waals surface area (Å²) < 4.78 is 6.10. The second-order valence-electron chi connectivity index (χ2n) is 8.57. The van der Waals surface area contributed by atoms with Crippen LogP contribution in [-0.2, 0) is 30.8 Å². The van der Waals surface area contributed by atoms with Gasteiger partial charge >= 0.3 is 0 Å². The van der Waals surface area contributed by atoms with Crippen molar-refractivity contribution in [2.45, 2.75) is 39.4 Å². The number of para-hydroxylation sites is 1. The lowest BCUT2D eigenvalue weighted by atomic mass is 9.96. The Morgan fingerprint density at radius 2 is 1.74 bits per heavy atom. The molecule has 0 aliphatic rings. The fourth-order valence-corrected chi connectivity index (χ4v) is 4.37. The third kappa shape index (κ3) is 5.80. The number of rotatable bonds is 10. The molecule has 0 amide bonds. The van der Waals surface area contributed by atoms with E-state index in [0.717, 1.165) is 47.2 Å². The number of allylic oxidation sites excluding steroid dienone is 2. The molecule has 2 heteroatoms. The summed E-state index contributed by atoms with van der Waals surface area (Å²) in [5.74, 6) is 0. The molecule has 0 atom stereocenters. The van der Waals surface area contributed by atoms with Crippen molar-refractivity contribution in [2.75, 3.05) is 0 Å². The molecule has 4 aromatic rings. The van der Waals surface area contributed by atoms with E-state index < -0.39 is 0 Å². The largest absolute Gasteiger partial charge is 0.372 e. The van der Waals surface area contributed by atoms with E-state index in [2.05, 4.69) is 98.6 Å². The van der Waals surface area contributed by atoms with E-state index in [0.29, 0.717) is 13.2 Å². The zero-order valence-corrected chi connectivity index (χ0v) is 19.9. The lowest BCUT2D eigenvalue weighted by Gasteiger charge is -2.13. The van der Waals surface area contributed by atoms with Crippen molar-refractivity contribution in [1.29, 1.82) is 0 Å². The van der Waals surface area contributed by atoms with Gasteiger partial charge in [0.2, 0.25) is 0 Å². The molecule has 1 aromatic heterocycles. The standard InChI is InChI=1S/C32H31NO/c1-4-27(5-2)32-24(3)11-8-16-29(32)23-34-22-26-14-9-12-25(21-26)13-10-17-30-20-19-28-15-6-7-18-31(28)33-30/h4,6-9,11-12,14-16,18-21H,1-2,10,13,17,22-23H2,3H3. The molecule has 0 saturated carbocycles. The van der Waals surface area contributed by atoms with Gasteiger partial charge in [-0.25, -0.2) is 0 Å². The highest BCUT2D eigenvalue weighted by atomic mass is 16.5. The molecule has 3 aromatic carbocycles. The minimum absolute atomic E-state index is 0.536. The molecule has 0 aliphatic heterocycles. The maximum absolute atomic E-state index is 6.10. The van der Waals surface area contributed by atoms with Gasteiger partial charge in [0, 0.05) is 16.7 Å². The Hall–Kier alpha value is -3.71. The van der Waals surface area contributed by atoms with E-state index in [1.807, 2.05) is 6.07 Å². The van der Waals surface area contributed by atoms with E-state index in [-0.39, 0.29) is 0 Å². The first-order chi connectivity index (χ1) is 16.7. The molecule has 1 heterocycles. The quantitative estimate of drug-likeness (QED) is 0.184. The van der Waals surface area contributed by atoms with E-state index in [1.165, 1.54) is 22.1 Å². The number of aryl methyl sites for hydroxylation is 3. The van der Waals surface area contributed by atoms with Crippen LogP contribution in [0, 0.1) is 6.92 Å². The van der Waals surface area contributed by atoms with Crippen molar-refractivity contribution in [2.24, 2.45) is 0 Å². The van der Waals surface area contributed by atoms with Gasteiger partial charge in [0.25, 0.3) is 0 Å². The van der Waals surface area contributed by atoms with Gasteiger partial charge in [0.1, 0.15) is 0 Å². The van der Waals surface area contributed by atoms with Crippen LogP contribution in [0.1, 0.15) is 39.9 Å². The van der Waals surface area contributed by atoms with Gasteiger partial charge in [0.05, 0.1) is 18.7 Å². The van der Waals surface area contributed by atoms with Crippen LogP contribution in [0.15, 0.2) is 104 Å². The fraction of sp³-hybridized carbons (Fsp3) is 0.188. The van der Waals surface area contributed by atoms with Gasteiger partial charge in [-0.15, -0.1) is 5.73 Å². The highest BCUT2D eigenvalue weighted by molar-refractivity contribution is 5.78. The number of fused-ring (bicyclic) bond motifs is 1. The van der Waals surface area contributed by atoms with Crippen molar-refractivity contribution < 1.29 is 4.74 Å². The van der Waals surface area contributed by atoms with Gasteiger partial charge < -0.3 is 4.74 Å². The second kappa shape index (κ2) is 11.4. The third-order valence-electron chi connectivity index (χ3n) is 6.10. The van der Waals surface area contributed by atoms with Crippen LogP contribution in [0.25, 0.3) is 16.5 Å². The molecule has 4 rings (SSSR count). The van der Waals surface area contributed by atoms with Crippen LogP contribution in [0.3, 0.4) is 0 Å². The zero-order valence-electron chi connectivity index (χ0n) is 19.9. The first-order valence-corrected chi connectivity index (χ1v) is 11.8. The summed E-state index contributed by atoms with van der Waals surface area (Å²) in [5.41, 5.74) is 12.1. The van der Waals surface area contributed by atoms with Crippen LogP contribution in [0.2, 0.25) is 0 Å². The number of benzene rings is 3. The predicted octanol–water partition coefficient (Wildman–Crippen LogP) is 7.79. The Labute approximate surface area is 203 Å². The molecule has 0 N–H and O–H groups in total. The number of aromatic nitrogens is 1. The normalized spacial score (nSPS) is 10.7. The summed E-state index contributed by atoms with van der Waals surface area (Å²) >= 11 is 0. The van der Waals surface area contributed by atoms with E-state index >= 15 is 0 Å². The Bertz CT molecular complexity index is 1340. The molecular formula is C32H31NO. The summed E-state index contributed by atoms with van der Waals surface area (Å²) in [5, 5.41) is 1.19. The van der Waals surface area contributed by atoms with Crippen LogP contribution >= 0.6 is 0 Å². The number of nitrogens with zero attached hydrogens (tertiary/aromatic N) is 1. The molecule has 0 radical (unpaired) electrons. The van der Waals surface area contributed by atoms with Crippen molar-refractivity contribution in [3.8, 4) is 0 Å². The van der Waals surface area contributed by atoms with Crippen molar-refractivity contribution in [3.05, 3.63) is 137 Å². The van der Waals surface area contributed by atoms with Crippen LogP contribution < -0.4 is 0 Å². The Kier molecular flexibility index (Phi) is 7.88. The summed E-state index contributed by atoms with van der Waals surface area (Å²) in [7, 11) is 0. The Morgan fingerprint density at radius 1 is 0.912 bits per heavy atom. The van der Waals surface area contributed by atoms with Gasteiger partial charge in [0.15, 0.2) is 0 Å². The molecular weight excluding hydrogens is 414 g/mol. The first kappa shape index (κ1) is 23.4. The summed E-state index contributed by atoms with van der Waals surface area (Å²) in [4.78, 5) is 4.79. The topological polar surface area (TPSA) is 22.1 Å². The second-order valence-corrected chi connectivity index (χ2v) is 8.57. The van der Waals surface area contributed by atoms with E-state index in [9.17, 15) is 0 Å². The van der Waals surface area contributed by atoms with Gasteiger partial charge in [-0.05, 0) is 66.1 Å². The predicted molar refractivity (Wildman–Crippen MR) is 143 cm³/mol. The molecule has 0 saturated heterocycles. The molecule has 34 heavy (non-hydrogen) atoms. The number of ether oxygens (including phenoxy) is 1. The molecule has 0 unspecified atom stereocenters. The molecule has 0 spiro atoms. The van der Waals surface area contributed by atoms with Gasteiger partial charge in [-0.3, -0.25) is 4.98 Å². The lowest BCUT2D eigenvalue weighted by Crippen LogP contribution is -2.00. The summed E-state index contributed by atoms with van der Waals surface area (Å²) in [6.45, 7) is 10.9. The highest BCUT2D eigenvalue weighted by Gasteiger charge is 2.09. The lowest BCUT2D eigenvalue weighted by molar-refractivity contribution is 0.107. The molecule has 0 fully saturated rings. The summed E-state index contributed by atoms with van der Waals surface area (Å²) in [6, 6.07) is 27.5. The number of hydrogen-bond donors (Lipinski definition) is 0.